The molecule has 19 heteroatoms. The fraction of sp³-hybridized carbons (Fsp3) is 0.682. The second kappa shape index (κ2) is 11.3. The minimum absolute atomic E-state index is 0.555. The molecular weight excluding hydrogens is 582 g/mol. The Bertz CT molecular complexity index is 1150. The van der Waals surface area contributed by atoms with E-state index in [2.05, 4.69) is 20.7 Å². The second-order valence-corrected chi connectivity index (χ2v) is 11.0. The van der Waals surface area contributed by atoms with Crippen molar-refractivity contribution in [2.45, 2.75) is 75.5 Å². The lowest BCUT2D eigenvalue weighted by Gasteiger charge is -2.38. The topological polar surface area (TPSA) is 196 Å². The average Bonchev–Trinajstić information content (AvgIpc) is 3.13. The first-order valence-electron chi connectivity index (χ1n) is 12.1. The van der Waals surface area contributed by atoms with Crippen molar-refractivity contribution in [3.63, 3.8) is 0 Å². The summed E-state index contributed by atoms with van der Waals surface area (Å²) in [4.78, 5) is 36.7. The van der Waals surface area contributed by atoms with Crippen LogP contribution in [0.5, 0.6) is 0 Å². The van der Waals surface area contributed by atoms with Gasteiger partial charge in [-0.1, -0.05) is 5.92 Å². The fourth-order valence-corrected chi connectivity index (χ4v) is 5.41. The van der Waals surface area contributed by atoms with Crippen molar-refractivity contribution in [1.29, 1.82) is 0 Å². The first-order valence-corrected chi connectivity index (χ1v) is 13.5. The molecule has 1 spiro atoms. The van der Waals surface area contributed by atoms with Crippen LogP contribution in [0.2, 0.25) is 0 Å². The van der Waals surface area contributed by atoms with E-state index in [4.69, 9.17) is 43.7 Å². The number of nitrogens with zero attached hydrogens (tertiary/aromatic N) is 1. The van der Waals surface area contributed by atoms with Gasteiger partial charge in [0.2, 0.25) is 24.8 Å². The number of ether oxygens (including phenoxy) is 7. The molecular formula is C22H28FN2O15P. The lowest BCUT2D eigenvalue weighted by Crippen LogP contribution is -2.60. The minimum Gasteiger partial charge on any atom is -0.432 e. The molecule has 6 atom stereocenters. The summed E-state index contributed by atoms with van der Waals surface area (Å²) in [5.74, 6) is -0.743. The Kier molecular flexibility index (Phi) is 8.56. The van der Waals surface area contributed by atoms with E-state index in [-0.39, 0.29) is 0 Å². The van der Waals surface area contributed by atoms with Crippen LogP contribution in [0.15, 0.2) is 12.3 Å². The van der Waals surface area contributed by atoms with Crippen LogP contribution in [-0.2, 0) is 51.3 Å². The van der Waals surface area contributed by atoms with E-state index in [1.165, 1.54) is 0 Å². The monoisotopic (exact) mass is 610 g/mol. The molecule has 0 aromatic heterocycles. The zero-order valence-corrected chi connectivity index (χ0v) is 23.1. The van der Waals surface area contributed by atoms with Gasteiger partial charge in [-0.3, -0.25) is 9.42 Å². The average molecular weight is 610 g/mol. The van der Waals surface area contributed by atoms with Gasteiger partial charge in [0.05, 0.1) is 12.2 Å². The number of nitrogens with one attached hydrogen (secondary N) is 1. The molecule has 2 unspecified atom stereocenters. The first-order chi connectivity index (χ1) is 19.2. The summed E-state index contributed by atoms with van der Waals surface area (Å²) in [6, 6.07) is -0.902. The number of aliphatic hydroxyl groups is 1. The lowest BCUT2D eigenvalue weighted by molar-refractivity contribution is -0.185. The molecule has 0 radical (unpaired) electrons. The third-order valence-electron chi connectivity index (χ3n) is 5.96. The quantitative estimate of drug-likeness (QED) is 0.148. The molecule has 1 saturated carbocycles. The molecule has 2 amide bonds. The van der Waals surface area contributed by atoms with Crippen molar-refractivity contribution in [3.05, 3.63) is 12.3 Å². The standard InChI is InChI=1S/C22H28FN2O15P/c1-6-20-16(25-8-7-14(26)24-17(25)27)39-22(23)15(21(20,22)34-11-33-20)40-41(30,35-9-31-18(28)37-12(2)3)36-10-32-19(29)38-13(4)5/h1,7-8,12-16,26H,9-11H2,2-5H3,(H,24,27)/t14?,15?,16-,20+,21+,22-/m1/s1. The zero-order chi connectivity index (χ0) is 30.2. The molecule has 3 heterocycles. The van der Waals surface area contributed by atoms with Gasteiger partial charge in [0, 0.05) is 6.20 Å². The number of urea groups is 1. The van der Waals surface area contributed by atoms with Crippen molar-refractivity contribution >= 4 is 26.2 Å². The van der Waals surface area contributed by atoms with E-state index in [1.807, 2.05) is 0 Å². The van der Waals surface area contributed by atoms with Crippen LogP contribution in [0.25, 0.3) is 0 Å². The molecule has 2 saturated heterocycles. The van der Waals surface area contributed by atoms with Gasteiger partial charge in [-0.2, -0.15) is 0 Å². The summed E-state index contributed by atoms with van der Waals surface area (Å²) < 4.78 is 80.4. The maximum Gasteiger partial charge on any atom is 0.510 e. The van der Waals surface area contributed by atoms with E-state index < -0.39 is 94.4 Å². The number of phosphoric acid groups is 1. The summed E-state index contributed by atoms with van der Waals surface area (Å²) in [5, 5.41) is 11.8. The molecule has 0 bridgehead atoms. The Balaban J connectivity index is 1.53. The third-order valence-corrected chi connectivity index (χ3v) is 7.27. The van der Waals surface area contributed by atoms with Crippen molar-refractivity contribution in [3.8, 4) is 12.3 Å². The largest absolute Gasteiger partial charge is 0.510 e. The summed E-state index contributed by atoms with van der Waals surface area (Å²) in [6.45, 7) is 3.44. The molecule has 3 aliphatic heterocycles. The maximum absolute atomic E-state index is 16.3. The van der Waals surface area contributed by atoms with E-state index >= 15 is 4.39 Å². The number of hydrogen-bond donors (Lipinski definition) is 2. The molecule has 228 valence electrons. The number of hydrogen-bond acceptors (Lipinski definition) is 15. The number of carbonyl (C=O) groups is 3. The van der Waals surface area contributed by atoms with Crippen LogP contribution in [0.3, 0.4) is 0 Å². The Hall–Kier alpha value is -3.01. The maximum atomic E-state index is 16.3. The van der Waals surface area contributed by atoms with E-state index in [1.54, 1.807) is 27.7 Å². The highest BCUT2D eigenvalue weighted by Crippen LogP contribution is 2.75. The van der Waals surface area contributed by atoms with E-state index in [0.717, 1.165) is 17.2 Å². The summed E-state index contributed by atoms with van der Waals surface area (Å²) in [6.07, 6.45) is -0.434. The lowest BCUT2D eigenvalue weighted by atomic mass is 9.93. The van der Waals surface area contributed by atoms with Gasteiger partial charge >= 0.3 is 26.2 Å². The summed E-state index contributed by atoms with van der Waals surface area (Å²) in [7, 11) is -4.99. The zero-order valence-electron chi connectivity index (χ0n) is 22.2. The van der Waals surface area contributed by atoms with Gasteiger partial charge in [0.15, 0.2) is 19.1 Å². The van der Waals surface area contributed by atoms with Crippen LogP contribution < -0.4 is 5.32 Å². The number of aliphatic hydroxyl groups excluding tert-OH is 1. The third kappa shape index (κ3) is 5.47. The molecule has 17 nitrogen and oxygen atoms in total. The van der Waals surface area contributed by atoms with Crippen LogP contribution in [0, 0.1) is 12.3 Å². The van der Waals surface area contributed by atoms with Crippen molar-refractivity contribution < 1.29 is 75.2 Å². The number of carbonyl (C=O) groups excluding carboxylic acids is 3. The number of halogens is 1. The molecule has 0 aromatic rings. The Morgan fingerprint density at radius 1 is 1.20 bits per heavy atom. The number of terminal acetylenes is 1. The van der Waals surface area contributed by atoms with Gasteiger partial charge < -0.3 is 43.6 Å². The van der Waals surface area contributed by atoms with Crippen molar-refractivity contribution in [2.75, 3.05) is 20.4 Å². The highest BCUT2D eigenvalue weighted by Gasteiger charge is 3.00. The molecule has 3 fully saturated rings. The predicted octanol–water partition coefficient (Wildman–Crippen LogP) is 1.56. The molecule has 41 heavy (non-hydrogen) atoms. The van der Waals surface area contributed by atoms with Crippen molar-refractivity contribution in [1.82, 2.24) is 10.2 Å². The first kappa shape index (κ1) is 30.9. The number of rotatable bonds is 11. The Morgan fingerprint density at radius 2 is 1.78 bits per heavy atom. The van der Waals surface area contributed by atoms with Crippen molar-refractivity contribution in [2.24, 2.45) is 0 Å². The molecule has 1 aliphatic carbocycles. The Morgan fingerprint density at radius 3 is 2.29 bits per heavy atom. The van der Waals surface area contributed by atoms with Gasteiger partial charge in [-0.25, -0.2) is 32.4 Å². The predicted molar refractivity (Wildman–Crippen MR) is 125 cm³/mol. The minimum atomic E-state index is -4.99. The van der Waals surface area contributed by atoms with Gasteiger partial charge in [-0.15, -0.1) is 6.42 Å². The second-order valence-electron chi connectivity index (χ2n) is 9.33. The van der Waals surface area contributed by atoms with Crippen LogP contribution >= 0.6 is 7.82 Å². The van der Waals surface area contributed by atoms with Gasteiger partial charge in [-0.05, 0) is 33.8 Å². The number of amides is 2. The molecule has 0 aromatic carbocycles. The SMILES string of the molecule is C#C[C@@]12OCO[C@@]13C(OP(=O)(OCOC(=O)OC(C)C)OCOC(=O)OC(C)C)[C@@]3(F)O[C@H]2N1C=CC(O)NC1=O. The van der Waals surface area contributed by atoms with E-state index in [9.17, 15) is 24.1 Å². The molecule has 2 N–H and O–H groups in total. The van der Waals surface area contributed by atoms with Crippen LogP contribution in [0.1, 0.15) is 27.7 Å². The number of phosphoric ester groups is 1. The summed E-state index contributed by atoms with van der Waals surface area (Å²) >= 11 is 0. The Labute approximate surface area is 232 Å². The smallest absolute Gasteiger partial charge is 0.432 e. The molecule has 4 rings (SSSR count). The van der Waals surface area contributed by atoms with Gasteiger partial charge in [0.25, 0.3) is 5.85 Å². The highest BCUT2D eigenvalue weighted by atomic mass is 31.2. The summed E-state index contributed by atoms with van der Waals surface area (Å²) in [5.41, 5.74) is -4.45. The van der Waals surface area contributed by atoms with Gasteiger partial charge in [0.1, 0.15) is 6.23 Å². The number of alkyl halides is 1. The highest BCUT2D eigenvalue weighted by molar-refractivity contribution is 7.48. The normalized spacial score (nSPS) is 33.6. The molecule has 4 aliphatic rings. The fourth-order valence-electron chi connectivity index (χ4n) is 4.31. The van der Waals surface area contributed by atoms with Crippen LogP contribution in [0.4, 0.5) is 18.8 Å². The van der Waals surface area contributed by atoms with Crippen LogP contribution in [-0.4, -0.2) is 96.6 Å². The van der Waals surface area contributed by atoms with E-state index in [0.29, 0.717) is 0 Å².